The third-order valence-corrected chi connectivity index (χ3v) is 5.73. The van der Waals surface area contributed by atoms with Gasteiger partial charge in [-0.3, -0.25) is 14.5 Å². The Kier molecular flexibility index (Phi) is 8.18. The molecule has 1 heterocycles. The molecular formula is C24H25Cl2N3O3. The largest absolute Gasteiger partial charge is 0.344 e. The van der Waals surface area contributed by atoms with E-state index in [0.29, 0.717) is 22.7 Å². The van der Waals surface area contributed by atoms with Gasteiger partial charge in [0.25, 0.3) is 0 Å². The fourth-order valence-corrected chi connectivity index (χ4v) is 4.21. The summed E-state index contributed by atoms with van der Waals surface area (Å²) in [5.74, 6) is 0.0354. The third kappa shape index (κ3) is 5.26. The molecular weight excluding hydrogens is 449 g/mol. The second-order valence-electron chi connectivity index (χ2n) is 7.85. The highest BCUT2D eigenvalue weighted by atomic mass is 35.5. The van der Waals surface area contributed by atoms with Gasteiger partial charge in [-0.2, -0.15) is 0 Å². The lowest BCUT2D eigenvalue weighted by molar-refractivity contribution is 0.0999. The van der Waals surface area contributed by atoms with Crippen molar-refractivity contribution in [1.82, 2.24) is 9.47 Å². The molecule has 0 aliphatic carbocycles. The molecule has 0 N–H and O–H groups in total. The van der Waals surface area contributed by atoms with Crippen LogP contribution in [-0.4, -0.2) is 40.2 Å². The predicted octanol–water partition coefficient (Wildman–Crippen LogP) is 5.44. The first-order valence-corrected chi connectivity index (χ1v) is 11.5. The molecule has 6 nitrogen and oxygen atoms in total. The summed E-state index contributed by atoms with van der Waals surface area (Å²) in [6.45, 7) is 6.16. The fraction of sp³-hybridized carbons (Fsp3) is 0.333. The van der Waals surface area contributed by atoms with Crippen molar-refractivity contribution in [1.29, 1.82) is 0 Å². The first kappa shape index (κ1) is 24.1. The number of hydrogen-bond acceptors (Lipinski definition) is 4. The Labute approximate surface area is 196 Å². The maximum atomic E-state index is 12.9. The molecule has 0 saturated heterocycles. The molecule has 1 amide bonds. The van der Waals surface area contributed by atoms with Gasteiger partial charge in [0, 0.05) is 54.2 Å². The van der Waals surface area contributed by atoms with E-state index >= 15 is 0 Å². The SMILES string of the molecule is CC(C)n1cc(C(=O)N=O)c(=O)c2cc(-c3ccc(CN(CCCl)CCCl)cc3)ccc21. The first-order valence-electron chi connectivity index (χ1n) is 10.4. The number of pyridine rings is 1. The van der Waals surface area contributed by atoms with E-state index in [2.05, 4.69) is 10.1 Å². The smallest absolute Gasteiger partial charge is 0.322 e. The van der Waals surface area contributed by atoms with Crippen molar-refractivity contribution >= 4 is 40.0 Å². The Morgan fingerprint density at radius 3 is 2.22 bits per heavy atom. The van der Waals surface area contributed by atoms with Gasteiger partial charge in [-0.25, -0.2) is 0 Å². The average molecular weight is 474 g/mol. The molecule has 32 heavy (non-hydrogen) atoms. The topological polar surface area (TPSA) is 71.7 Å². The molecule has 0 aliphatic rings. The van der Waals surface area contributed by atoms with Crippen LogP contribution < -0.4 is 5.43 Å². The number of benzene rings is 2. The van der Waals surface area contributed by atoms with Gasteiger partial charge in [-0.1, -0.05) is 30.3 Å². The van der Waals surface area contributed by atoms with Crippen molar-refractivity contribution in [3.8, 4) is 11.1 Å². The normalized spacial score (nSPS) is 11.4. The number of carbonyl (C=O) groups excluding carboxylic acids is 1. The van der Waals surface area contributed by atoms with E-state index in [-0.39, 0.29) is 11.6 Å². The fourth-order valence-electron chi connectivity index (χ4n) is 3.73. The Hall–Kier alpha value is -2.54. The number of rotatable bonds is 9. The number of hydrogen-bond donors (Lipinski definition) is 0. The van der Waals surface area contributed by atoms with E-state index in [1.807, 2.05) is 54.8 Å². The van der Waals surface area contributed by atoms with Crippen LogP contribution in [0.3, 0.4) is 0 Å². The van der Waals surface area contributed by atoms with Crippen LogP contribution in [0, 0.1) is 4.91 Å². The molecule has 0 bridgehead atoms. The molecule has 8 heteroatoms. The summed E-state index contributed by atoms with van der Waals surface area (Å²) in [5, 5.41) is 2.82. The first-order chi connectivity index (χ1) is 15.4. The lowest BCUT2D eigenvalue weighted by atomic mass is 10.0. The number of carbonyl (C=O) groups is 1. The molecule has 3 aromatic rings. The van der Waals surface area contributed by atoms with Gasteiger partial charge in [-0.15, -0.1) is 28.1 Å². The van der Waals surface area contributed by atoms with E-state index in [1.54, 1.807) is 6.07 Å². The molecule has 1 aromatic heterocycles. The highest BCUT2D eigenvalue weighted by molar-refractivity contribution is 6.18. The minimum atomic E-state index is -1.06. The molecule has 0 saturated carbocycles. The Balaban J connectivity index is 2.01. The van der Waals surface area contributed by atoms with Gasteiger partial charge in [0.2, 0.25) is 5.43 Å². The predicted molar refractivity (Wildman–Crippen MR) is 131 cm³/mol. The van der Waals surface area contributed by atoms with Crippen molar-refractivity contribution < 1.29 is 4.79 Å². The Morgan fingerprint density at radius 1 is 1.03 bits per heavy atom. The highest BCUT2D eigenvalue weighted by Crippen LogP contribution is 2.26. The number of aromatic nitrogens is 1. The molecule has 0 unspecified atom stereocenters. The number of amides is 1. The lowest BCUT2D eigenvalue weighted by Crippen LogP contribution is -2.27. The number of alkyl halides is 2. The molecule has 0 radical (unpaired) electrons. The van der Waals surface area contributed by atoms with Crippen LogP contribution in [0.2, 0.25) is 0 Å². The van der Waals surface area contributed by atoms with E-state index in [1.165, 1.54) is 6.20 Å². The summed E-state index contributed by atoms with van der Waals surface area (Å²) in [7, 11) is 0. The summed E-state index contributed by atoms with van der Waals surface area (Å²) in [5.41, 5.74) is 2.92. The average Bonchev–Trinajstić information content (AvgIpc) is 2.79. The van der Waals surface area contributed by atoms with Crippen LogP contribution >= 0.6 is 23.2 Å². The highest BCUT2D eigenvalue weighted by Gasteiger charge is 2.17. The van der Waals surface area contributed by atoms with Crippen molar-refractivity contribution in [2.45, 2.75) is 26.4 Å². The zero-order chi connectivity index (χ0) is 23.3. The molecule has 0 spiro atoms. The molecule has 168 valence electrons. The van der Waals surface area contributed by atoms with Gasteiger partial charge in [-0.05, 0) is 42.7 Å². The van der Waals surface area contributed by atoms with Crippen LogP contribution in [0.25, 0.3) is 22.0 Å². The standard InChI is InChI=1S/C24H25Cl2N3O3/c1-16(2)29-15-21(24(31)27-32)23(30)20-13-19(7-8-22(20)29)18-5-3-17(4-6-18)14-28(11-9-25)12-10-26/h3-8,13,15-16H,9-12,14H2,1-2H3. The number of nitrogens with zero attached hydrogens (tertiary/aromatic N) is 3. The zero-order valence-corrected chi connectivity index (χ0v) is 19.6. The minimum Gasteiger partial charge on any atom is -0.344 e. The summed E-state index contributed by atoms with van der Waals surface area (Å²) in [6, 6.07) is 13.6. The summed E-state index contributed by atoms with van der Waals surface area (Å²) in [6.07, 6.45) is 1.42. The van der Waals surface area contributed by atoms with E-state index in [9.17, 15) is 14.5 Å². The van der Waals surface area contributed by atoms with Gasteiger partial charge in [0.15, 0.2) is 0 Å². The second kappa shape index (κ2) is 10.9. The van der Waals surface area contributed by atoms with E-state index in [0.717, 1.165) is 36.3 Å². The molecule has 0 fully saturated rings. The van der Waals surface area contributed by atoms with Gasteiger partial charge >= 0.3 is 5.91 Å². The minimum absolute atomic E-state index is 0.00893. The van der Waals surface area contributed by atoms with Crippen LogP contribution in [0.1, 0.15) is 35.8 Å². The maximum Gasteiger partial charge on any atom is 0.322 e. The maximum absolute atomic E-state index is 12.9. The molecule has 0 atom stereocenters. The van der Waals surface area contributed by atoms with Crippen LogP contribution in [0.5, 0.6) is 0 Å². The van der Waals surface area contributed by atoms with Gasteiger partial charge in [0.1, 0.15) is 5.56 Å². The number of nitroso groups, excluding NO2 is 1. The summed E-state index contributed by atoms with van der Waals surface area (Å²) in [4.78, 5) is 37.8. The zero-order valence-electron chi connectivity index (χ0n) is 18.1. The van der Waals surface area contributed by atoms with Crippen molar-refractivity contribution in [3.05, 3.63) is 74.9 Å². The monoisotopic (exact) mass is 473 g/mol. The lowest BCUT2D eigenvalue weighted by Gasteiger charge is -2.20. The van der Waals surface area contributed by atoms with Crippen molar-refractivity contribution in [2.24, 2.45) is 5.18 Å². The third-order valence-electron chi connectivity index (χ3n) is 5.40. The Bertz CT molecular complexity index is 1170. The molecule has 2 aromatic carbocycles. The molecule has 3 rings (SSSR count). The second-order valence-corrected chi connectivity index (χ2v) is 8.61. The van der Waals surface area contributed by atoms with Gasteiger partial charge in [0.05, 0.1) is 5.52 Å². The van der Waals surface area contributed by atoms with E-state index in [4.69, 9.17) is 23.2 Å². The Morgan fingerprint density at radius 2 is 1.66 bits per heavy atom. The molecule has 0 aliphatic heterocycles. The summed E-state index contributed by atoms with van der Waals surface area (Å²) >= 11 is 11.8. The van der Waals surface area contributed by atoms with Crippen molar-refractivity contribution in [2.75, 3.05) is 24.8 Å². The van der Waals surface area contributed by atoms with Crippen LogP contribution in [-0.2, 0) is 6.54 Å². The van der Waals surface area contributed by atoms with Crippen LogP contribution in [0.15, 0.2) is 58.6 Å². The quantitative estimate of drug-likeness (QED) is 0.306. The van der Waals surface area contributed by atoms with Gasteiger partial charge < -0.3 is 4.57 Å². The van der Waals surface area contributed by atoms with Crippen molar-refractivity contribution in [3.63, 3.8) is 0 Å². The summed E-state index contributed by atoms with van der Waals surface area (Å²) < 4.78 is 1.81. The van der Waals surface area contributed by atoms with Crippen LogP contribution in [0.4, 0.5) is 0 Å². The number of halogens is 2. The number of fused-ring (bicyclic) bond motifs is 1. The van der Waals surface area contributed by atoms with E-state index < -0.39 is 11.3 Å².